The summed E-state index contributed by atoms with van der Waals surface area (Å²) in [6.45, 7) is 0. The Morgan fingerprint density at radius 2 is 2.07 bits per heavy atom. The van der Waals surface area contributed by atoms with E-state index in [-0.39, 0.29) is 5.02 Å². The fraction of sp³-hybridized carbons (Fsp3) is 0. The molecule has 0 atom stereocenters. The van der Waals surface area contributed by atoms with Crippen LogP contribution in [0.1, 0.15) is 0 Å². The molecular weight excluding hydrogens is 248 g/mol. The quantitative estimate of drug-likeness (QED) is 0.632. The third-order valence-corrected chi connectivity index (χ3v) is 1.97. The van der Waals surface area contributed by atoms with E-state index >= 15 is 0 Å². The number of nitro groups is 1. The maximum absolute atomic E-state index is 10.6. The standard InChI is InChI=1S/C6H5ClN2O5S/c7-4-1-2-5(9(10)11)6(3-4)14-15(8,12)13/h1-3H,(H2,8,12,13). The number of benzene rings is 1. The van der Waals surface area contributed by atoms with Crippen molar-refractivity contribution in [1.29, 1.82) is 0 Å². The average molecular weight is 253 g/mol. The predicted octanol–water partition coefficient (Wildman–Crippen LogP) is 0.830. The van der Waals surface area contributed by atoms with Crippen LogP contribution in [0.5, 0.6) is 5.75 Å². The van der Waals surface area contributed by atoms with Crippen LogP contribution in [0.2, 0.25) is 5.02 Å². The molecule has 9 heteroatoms. The highest BCUT2D eigenvalue weighted by Crippen LogP contribution is 2.30. The molecule has 0 heterocycles. The summed E-state index contributed by atoms with van der Waals surface area (Å²) in [7, 11) is -4.31. The van der Waals surface area contributed by atoms with Crippen LogP contribution >= 0.6 is 11.6 Å². The summed E-state index contributed by atoms with van der Waals surface area (Å²) in [4.78, 5) is 9.66. The van der Waals surface area contributed by atoms with Crippen molar-refractivity contribution >= 4 is 27.6 Å². The molecule has 0 fully saturated rings. The average Bonchev–Trinajstić information content (AvgIpc) is 1.99. The number of hydrogen-bond donors (Lipinski definition) is 1. The number of nitrogens with zero attached hydrogens (tertiary/aromatic N) is 1. The van der Waals surface area contributed by atoms with Gasteiger partial charge in [-0.1, -0.05) is 11.6 Å². The fourth-order valence-electron chi connectivity index (χ4n) is 0.831. The molecular formula is C6H5ClN2O5S. The van der Waals surface area contributed by atoms with E-state index in [1.165, 1.54) is 6.07 Å². The van der Waals surface area contributed by atoms with Crippen LogP contribution in [0.15, 0.2) is 18.2 Å². The van der Waals surface area contributed by atoms with Gasteiger partial charge >= 0.3 is 16.0 Å². The summed E-state index contributed by atoms with van der Waals surface area (Å²) < 4.78 is 25.4. The van der Waals surface area contributed by atoms with Gasteiger partial charge in [0.1, 0.15) is 0 Å². The van der Waals surface area contributed by atoms with Crippen molar-refractivity contribution in [3.63, 3.8) is 0 Å². The molecule has 1 rings (SSSR count). The summed E-state index contributed by atoms with van der Waals surface area (Å²) in [5.41, 5.74) is -0.534. The van der Waals surface area contributed by atoms with Gasteiger partial charge < -0.3 is 4.18 Å². The number of nitro benzene ring substituents is 1. The monoisotopic (exact) mass is 252 g/mol. The van der Waals surface area contributed by atoms with E-state index in [0.29, 0.717) is 0 Å². The first-order valence-corrected chi connectivity index (χ1v) is 5.30. The minimum Gasteiger partial charge on any atom is -0.364 e. The maximum atomic E-state index is 10.6. The molecule has 1 aromatic rings. The first-order chi connectivity index (χ1) is 6.79. The SMILES string of the molecule is NS(=O)(=O)Oc1cc(Cl)ccc1[N+](=O)[O-]. The molecule has 0 bridgehead atoms. The second-order valence-electron chi connectivity index (χ2n) is 2.45. The molecule has 0 amide bonds. The summed E-state index contributed by atoms with van der Waals surface area (Å²) in [5.74, 6) is -0.519. The maximum Gasteiger partial charge on any atom is 0.380 e. The van der Waals surface area contributed by atoms with Crippen molar-refractivity contribution in [3.05, 3.63) is 33.3 Å². The third-order valence-electron chi connectivity index (χ3n) is 1.32. The van der Waals surface area contributed by atoms with Gasteiger partial charge in [-0.25, -0.2) is 0 Å². The van der Waals surface area contributed by atoms with Crippen LogP contribution in [-0.4, -0.2) is 13.3 Å². The van der Waals surface area contributed by atoms with Crippen molar-refractivity contribution in [2.24, 2.45) is 5.14 Å². The van der Waals surface area contributed by atoms with Gasteiger partial charge in [-0.2, -0.15) is 13.6 Å². The van der Waals surface area contributed by atoms with Gasteiger partial charge in [0.2, 0.25) is 5.75 Å². The van der Waals surface area contributed by atoms with Gasteiger partial charge in [0.25, 0.3) is 0 Å². The smallest absolute Gasteiger partial charge is 0.364 e. The molecule has 0 aliphatic rings. The topological polar surface area (TPSA) is 113 Å². The van der Waals surface area contributed by atoms with E-state index in [0.717, 1.165) is 12.1 Å². The Kier molecular flexibility index (Phi) is 3.12. The molecule has 0 aliphatic carbocycles. The lowest BCUT2D eigenvalue weighted by Gasteiger charge is -2.03. The molecule has 2 N–H and O–H groups in total. The van der Waals surface area contributed by atoms with E-state index in [9.17, 15) is 18.5 Å². The Bertz CT molecular complexity index is 500. The van der Waals surface area contributed by atoms with Crippen LogP contribution in [0.4, 0.5) is 5.69 Å². The van der Waals surface area contributed by atoms with E-state index in [1.54, 1.807) is 0 Å². The van der Waals surface area contributed by atoms with Crippen LogP contribution in [0.3, 0.4) is 0 Å². The number of halogens is 1. The predicted molar refractivity (Wildman–Crippen MR) is 51.8 cm³/mol. The second kappa shape index (κ2) is 4.01. The molecule has 0 saturated carbocycles. The first kappa shape index (κ1) is 11.7. The highest BCUT2D eigenvalue weighted by atomic mass is 35.5. The Morgan fingerprint density at radius 3 is 2.53 bits per heavy atom. The first-order valence-electron chi connectivity index (χ1n) is 3.46. The zero-order valence-corrected chi connectivity index (χ0v) is 8.66. The molecule has 7 nitrogen and oxygen atoms in total. The summed E-state index contributed by atoms with van der Waals surface area (Å²) >= 11 is 5.51. The number of hydrogen-bond acceptors (Lipinski definition) is 5. The lowest BCUT2D eigenvalue weighted by molar-refractivity contribution is -0.385. The Balaban J connectivity index is 3.25. The highest BCUT2D eigenvalue weighted by molar-refractivity contribution is 7.84. The fourth-order valence-corrected chi connectivity index (χ4v) is 1.38. The van der Waals surface area contributed by atoms with Gasteiger partial charge in [0.15, 0.2) is 0 Å². The van der Waals surface area contributed by atoms with Crippen molar-refractivity contribution in [1.82, 2.24) is 0 Å². The van der Waals surface area contributed by atoms with E-state index in [1.807, 2.05) is 0 Å². The van der Waals surface area contributed by atoms with E-state index in [4.69, 9.17) is 11.6 Å². The van der Waals surface area contributed by atoms with E-state index in [2.05, 4.69) is 9.32 Å². The lowest BCUT2D eigenvalue weighted by atomic mass is 10.3. The second-order valence-corrected chi connectivity index (χ2v) is 4.03. The highest BCUT2D eigenvalue weighted by Gasteiger charge is 2.19. The lowest BCUT2D eigenvalue weighted by Crippen LogP contribution is -2.19. The van der Waals surface area contributed by atoms with Crippen LogP contribution in [0.25, 0.3) is 0 Å². The molecule has 0 aromatic heterocycles. The normalized spacial score (nSPS) is 11.1. The van der Waals surface area contributed by atoms with Crippen LogP contribution in [0, 0.1) is 10.1 Å². The van der Waals surface area contributed by atoms with Gasteiger partial charge in [0.05, 0.1) is 4.92 Å². The molecule has 82 valence electrons. The third kappa shape index (κ3) is 3.35. The molecule has 0 radical (unpaired) electrons. The molecule has 15 heavy (non-hydrogen) atoms. The molecule has 0 unspecified atom stereocenters. The van der Waals surface area contributed by atoms with Crippen molar-refractivity contribution < 1.29 is 17.5 Å². The Labute approximate surface area is 89.8 Å². The van der Waals surface area contributed by atoms with Gasteiger partial charge in [-0.3, -0.25) is 10.1 Å². The number of nitrogens with two attached hydrogens (primary N) is 1. The summed E-state index contributed by atoms with van der Waals surface area (Å²) in [5, 5.41) is 15.1. The van der Waals surface area contributed by atoms with Crippen molar-refractivity contribution in [3.8, 4) is 5.75 Å². The Morgan fingerprint density at radius 1 is 1.47 bits per heavy atom. The molecule has 0 spiro atoms. The zero-order valence-electron chi connectivity index (χ0n) is 7.08. The van der Waals surface area contributed by atoms with Gasteiger partial charge in [-0.15, -0.1) is 0 Å². The molecule has 0 aliphatic heterocycles. The van der Waals surface area contributed by atoms with Gasteiger partial charge in [-0.05, 0) is 6.07 Å². The molecule has 0 saturated heterocycles. The minimum atomic E-state index is -4.31. The molecule has 1 aromatic carbocycles. The minimum absolute atomic E-state index is 0.0965. The summed E-state index contributed by atoms with van der Waals surface area (Å²) in [6.07, 6.45) is 0. The van der Waals surface area contributed by atoms with Crippen LogP contribution < -0.4 is 9.32 Å². The van der Waals surface area contributed by atoms with Crippen LogP contribution in [-0.2, 0) is 10.3 Å². The van der Waals surface area contributed by atoms with E-state index < -0.39 is 26.7 Å². The Hall–Kier alpha value is -1.38. The number of rotatable bonds is 3. The van der Waals surface area contributed by atoms with Crippen molar-refractivity contribution in [2.75, 3.05) is 0 Å². The largest absolute Gasteiger partial charge is 0.380 e. The zero-order chi connectivity index (χ0) is 11.6. The summed E-state index contributed by atoms with van der Waals surface area (Å²) in [6, 6.07) is 3.24. The van der Waals surface area contributed by atoms with Crippen molar-refractivity contribution in [2.45, 2.75) is 0 Å². The van der Waals surface area contributed by atoms with Gasteiger partial charge in [0, 0.05) is 17.2 Å².